The van der Waals surface area contributed by atoms with E-state index in [0.29, 0.717) is 5.69 Å². The van der Waals surface area contributed by atoms with Gasteiger partial charge in [0.25, 0.3) is 0 Å². The van der Waals surface area contributed by atoms with Crippen molar-refractivity contribution in [1.82, 2.24) is 4.98 Å². The molecule has 1 heterocycles. The molecule has 0 atom stereocenters. The molecule has 0 radical (unpaired) electrons. The van der Waals surface area contributed by atoms with E-state index in [0.717, 1.165) is 39.0 Å². The monoisotopic (exact) mass is 389 g/mol. The molecule has 3 aromatic rings. The summed E-state index contributed by atoms with van der Waals surface area (Å²) in [6, 6.07) is 14.8. The van der Waals surface area contributed by atoms with Crippen LogP contribution in [0.15, 0.2) is 48.5 Å². The van der Waals surface area contributed by atoms with Crippen molar-refractivity contribution >= 4 is 37.9 Å². The zero-order chi connectivity index (χ0) is 18.7. The second kappa shape index (κ2) is 7.35. The quantitative estimate of drug-likeness (QED) is 0.659. The number of aromatic nitrogens is 1. The van der Waals surface area contributed by atoms with Crippen LogP contribution < -0.4 is 14.8 Å². The number of hydrogen-bond donors (Lipinski definition) is 2. The van der Waals surface area contributed by atoms with Gasteiger partial charge in [0.15, 0.2) is 5.13 Å². The molecule has 3 rings (SSSR count). The van der Waals surface area contributed by atoms with Crippen LogP contribution in [-0.4, -0.2) is 26.8 Å². The van der Waals surface area contributed by atoms with Crippen LogP contribution in [-0.2, 0) is 10.0 Å². The van der Waals surface area contributed by atoms with E-state index in [1.54, 1.807) is 30.6 Å². The number of sulfonamides is 1. The smallest absolute Gasteiger partial charge is 0.229 e. The zero-order valence-corrected chi connectivity index (χ0v) is 16.2. The predicted molar refractivity (Wildman–Crippen MR) is 107 cm³/mol. The van der Waals surface area contributed by atoms with Gasteiger partial charge in [0, 0.05) is 27.9 Å². The Morgan fingerprint density at radius 1 is 1.08 bits per heavy atom. The molecule has 0 spiro atoms. The van der Waals surface area contributed by atoms with Gasteiger partial charge in [-0.25, -0.2) is 13.4 Å². The number of nitrogens with one attached hydrogen (secondary N) is 2. The predicted octanol–water partition coefficient (Wildman–Crippen LogP) is 4.24. The third-order valence-corrected chi connectivity index (χ3v) is 5.07. The summed E-state index contributed by atoms with van der Waals surface area (Å²) >= 11 is 1.56. The Balaban J connectivity index is 1.81. The van der Waals surface area contributed by atoms with Crippen molar-refractivity contribution in [2.24, 2.45) is 0 Å². The number of nitrogens with zero attached hydrogens (tertiary/aromatic N) is 1. The molecule has 2 N–H and O–H groups in total. The maximum atomic E-state index is 11.3. The van der Waals surface area contributed by atoms with Gasteiger partial charge in [0.2, 0.25) is 10.0 Å². The summed E-state index contributed by atoms with van der Waals surface area (Å²) in [5.74, 6) is 0.775. The summed E-state index contributed by atoms with van der Waals surface area (Å²) in [5.41, 5.74) is 3.22. The van der Waals surface area contributed by atoms with Gasteiger partial charge in [-0.05, 0) is 31.2 Å². The molecule has 136 valence electrons. The van der Waals surface area contributed by atoms with Crippen LogP contribution in [0, 0.1) is 6.92 Å². The highest BCUT2D eigenvalue weighted by atomic mass is 32.2. The van der Waals surface area contributed by atoms with Crippen LogP contribution in [0.4, 0.5) is 16.5 Å². The van der Waals surface area contributed by atoms with Gasteiger partial charge in [-0.2, -0.15) is 0 Å². The maximum Gasteiger partial charge on any atom is 0.229 e. The number of benzene rings is 2. The van der Waals surface area contributed by atoms with E-state index in [9.17, 15) is 8.42 Å². The van der Waals surface area contributed by atoms with Crippen LogP contribution in [0.1, 0.15) is 4.88 Å². The molecule has 6 nitrogen and oxygen atoms in total. The van der Waals surface area contributed by atoms with Crippen molar-refractivity contribution in [3.05, 3.63) is 53.4 Å². The number of anilines is 3. The molecule has 0 aliphatic rings. The lowest BCUT2D eigenvalue weighted by Crippen LogP contribution is -2.09. The van der Waals surface area contributed by atoms with E-state index in [-0.39, 0.29) is 0 Å². The molecule has 0 amide bonds. The van der Waals surface area contributed by atoms with Crippen LogP contribution in [0.2, 0.25) is 0 Å². The fourth-order valence-electron chi connectivity index (χ4n) is 2.45. The van der Waals surface area contributed by atoms with Crippen molar-refractivity contribution in [3.8, 4) is 17.0 Å². The molecule has 0 saturated heterocycles. The van der Waals surface area contributed by atoms with Gasteiger partial charge in [-0.15, -0.1) is 11.3 Å². The van der Waals surface area contributed by atoms with Crippen molar-refractivity contribution in [2.75, 3.05) is 23.4 Å². The van der Waals surface area contributed by atoms with Gasteiger partial charge in [0.05, 0.1) is 19.1 Å². The molecule has 0 aliphatic carbocycles. The van der Waals surface area contributed by atoms with Gasteiger partial charge in [0.1, 0.15) is 5.75 Å². The summed E-state index contributed by atoms with van der Waals surface area (Å²) < 4.78 is 30.3. The molecule has 26 heavy (non-hydrogen) atoms. The number of aryl methyl sites for hydroxylation is 1. The molecule has 1 aromatic heterocycles. The highest BCUT2D eigenvalue weighted by molar-refractivity contribution is 7.92. The summed E-state index contributed by atoms with van der Waals surface area (Å²) in [4.78, 5) is 5.73. The average molecular weight is 390 g/mol. The Labute approximate surface area is 156 Å². The van der Waals surface area contributed by atoms with E-state index < -0.39 is 10.0 Å². The van der Waals surface area contributed by atoms with E-state index in [1.807, 2.05) is 43.3 Å². The number of hydrogen-bond acceptors (Lipinski definition) is 6. The van der Waals surface area contributed by atoms with Gasteiger partial charge < -0.3 is 10.1 Å². The molecule has 0 bridgehead atoms. The van der Waals surface area contributed by atoms with E-state index in [1.165, 1.54) is 0 Å². The Kier molecular flexibility index (Phi) is 5.15. The van der Waals surface area contributed by atoms with Crippen molar-refractivity contribution in [2.45, 2.75) is 6.92 Å². The fraction of sp³-hybridized carbons (Fsp3) is 0.167. The molecular weight excluding hydrogens is 370 g/mol. The van der Waals surface area contributed by atoms with Gasteiger partial charge in [-0.3, -0.25) is 4.72 Å². The summed E-state index contributed by atoms with van der Waals surface area (Å²) in [5, 5.41) is 4.07. The van der Waals surface area contributed by atoms with Crippen LogP contribution >= 0.6 is 11.3 Å². The summed E-state index contributed by atoms with van der Waals surface area (Å²) in [6.07, 6.45) is 1.13. The standard InChI is InChI=1S/C18H19N3O3S2/c1-12-17(13-7-9-14(10-8-13)21-26(3,22)23)20-18(25-12)19-15-5-4-6-16(11-15)24-2/h4-11,21H,1-3H3,(H,19,20). The largest absolute Gasteiger partial charge is 0.497 e. The Morgan fingerprint density at radius 3 is 2.46 bits per heavy atom. The summed E-state index contributed by atoms with van der Waals surface area (Å²) in [7, 11) is -1.65. The number of thiazole rings is 1. The lowest BCUT2D eigenvalue weighted by atomic mass is 10.1. The van der Waals surface area contributed by atoms with Crippen LogP contribution in [0.25, 0.3) is 11.3 Å². The summed E-state index contributed by atoms with van der Waals surface area (Å²) in [6.45, 7) is 2.01. The fourth-order valence-corrected chi connectivity index (χ4v) is 3.87. The molecule has 0 fully saturated rings. The van der Waals surface area contributed by atoms with E-state index in [4.69, 9.17) is 4.74 Å². The molecule has 8 heteroatoms. The lowest BCUT2D eigenvalue weighted by molar-refractivity contribution is 0.415. The number of methoxy groups -OCH3 is 1. The third-order valence-electron chi connectivity index (χ3n) is 3.58. The minimum Gasteiger partial charge on any atom is -0.497 e. The minimum atomic E-state index is -3.28. The third kappa shape index (κ3) is 4.53. The van der Waals surface area contributed by atoms with E-state index >= 15 is 0 Å². The molecule has 0 saturated carbocycles. The first kappa shape index (κ1) is 18.2. The van der Waals surface area contributed by atoms with Crippen LogP contribution in [0.3, 0.4) is 0 Å². The van der Waals surface area contributed by atoms with Gasteiger partial charge in [-0.1, -0.05) is 18.2 Å². The molecule has 2 aromatic carbocycles. The lowest BCUT2D eigenvalue weighted by Gasteiger charge is -2.05. The Morgan fingerprint density at radius 2 is 1.81 bits per heavy atom. The second-order valence-corrected chi connectivity index (χ2v) is 8.68. The average Bonchev–Trinajstić information content (AvgIpc) is 2.94. The first-order valence-electron chi connectivity index (χ1n) is 7.81. The van der Waals surface area contributed by atoms with Crippen molar-refractivity contribution in [1.29, 1.82) is 0 Å². The topological polar surface area (TPSA) is 80.3 Å². The normalized spacial score (nSPS) is 11.2. The first-order chi connectivity index (χ1) is 12.3. The van der Waals surface area contributed by atoms with Crippen LogP contribution in [0.5, 0.6) is 5.75 Å². The highest BCUT2D eigenvalue weighted by Gasteiger charge is 2.11. The highest BCUT2D eigenvalue weighted by Crippen LogP contribution is 2.33. The maximum absolute atomic E-state index is 11.3. The SMILES string of the molecule is COc1cccc(Nc2nc(-c3ccc(NS(C)(=O)=O)cc3)c(C)s2)c1. The van der Waals surface area contributed by atoms with E-state index in [2.05, 4.69) is 15.0 Å². The zero-order valence-electron chi connectivity index (χ0n) is 14.6. The minimum absolute atomic E-state index is 0.527. The number of rotatable bonds is 6. The molecular formula is C18H19N3O3S2. The second-order valence-electron chi connectivity index (χ2n) is 5.73. The van der Waals surface area contributed by atoms with Crippen molar-refractivity contribution in [3.63, 3.8) is 0 Å². The number of ether oxygens (including phenoxy) is 1. The van der Waals surface area contributed by atoms with Crippen molar-refractivity contribution < 1.29 is 13.2 Å². The molecule has 0 aliphatic heterocycles. The first-order valence-corrected chi connectivity index (χ1v) is 10.5. The molecule has 0 unspecified atom stereocenters. The Bertz CT molecular complexity index is 1010. The Hall–Kier alpha value is -2.58. The van der Waals surface area contributed by atoms with Gasteiger partial charge >= 0.3 is 0 Å².